The number of hydrogen-bond donors (Lipinski definition) is 2. The van der Waals surface area contributed by atoms with Crippen LogP contribution in [0.4, 0.5) is 0 Å². The Balaban J connectivity index is 0.00000361. The summed E-state index contributed by atoms with van der Waals surface area (Å²) in [6.45, 7) is 11.4. The van der Waals surface area contributed by atoms with E-state index in [1.807, 2.05) is 7.05 Å². The SMILES string of the molecule is CCC(C)NC(=NC)NCC(C)CN1CCCCC1.I. The summed E-state index contributed by atoms with van der Waals surface area (Å²) in [5.74, 6) is 1.59. The van der Waals surface area contributed by atoms with Gasteiger partial charge >= 0.3 is 0 Å². The molecule has 0 radical (unpaired) electrons. The molecule has 4 nitrogen and oxygen atoms in total. The van der Waals surface area contributed by atoms with Crippen LogP contribution < -0.4 is 10.6 Å². The molecule has 0 bridgehead atoms. The highest BCUT2D eigenvalue weighted by molar-refractivity contribution is 14.0. The fraction of sp³-hybridized carbons (Fsp3) is 0.933. The molecular weight excluding hydrogens is 363 g/mol. The van der Waals surface area contributed by atoms with Crippen molar-refractivity contribution in [2.45, 2.75) is 52.5 Å². The van der Waals surface area contributed by atoms with Gasteiger partial charge in [0.25, 0.3) is 0 Å². The number of piperidine rings is 1. The van der Waals surface area contributed by atoms with Crippen molar-refractivity contribution in [3.63, 3.8) is 0 Å². The van der Waals surface area contributed by atoms with Crippen molar-refractivity contribution in [2.24, 2.45) is 10.9 Å². The molecule has 0 aromatic carbocycles. The molecule has 2 atom stereocenters. The van der Waals surface area contributed by atoms with Crippen LogP contribution in [0.1, 0.15) is 46.5 Å². The van der Waals surface area contributed by atoms with E-state index in [2.05, 4.69) is 41.3 Å². The third-order valence-electron chi connectivity index (χ3n) is 3.86. The summed E-state index contributed by atoms with van der Waals surface area (Å²) >= 11 is 0. The third-order valence-corrected chi connectivity index (χ3v) is 3.86. The summed E-state index contributed by atoms with van der Waals surface area (Å²) in [4.78, 5) is 6.87. The molecular formula is C15H33IN4. The zero-order valence-corrected chi connectivity index (χ0v) is 15.9. The highest BCUT2D eigenvalue weighted by atomic mass is 127. The molecule has 1 aliphatic heterocycles. The predicted octanol–water partition coefficient (Wildman–Crippen LogP) is 2.69. The molecule has 20 heavy (non-hydrogen) atoms. The fourth-order valence-electron chi connectivity index (χ4n) is 2.45. The summed E-state index contributed by atoms with van der Waals surface area (Å²) < 4.78 is 0. The molecule has 2 unspecified atom stereocenters. The van der Waals surface area contributed by atoms with Crippen molar-refractivity contribution in [1.29, 1.82) is 0 Å². The molecule has 0 spiro atoms. The highest BCUT2D eigenvalue weighted by Crippen LogP contribution is 2.10. The van der Waals surface area contributed by atoms with Crippen molar-refractivity contribution < 1.29 is 0 Å². The first-order valence-corrected chi connectivity index (χ1v) is 7.85. The lowest BCUT2D eigenvalue weighted by molar-refractivity contribution is 0.201. The largest absolute Gasteiger partial charge is 0.356 e. The van der Waals surface area contributed by atoms with Crippen molar-refractivity contribution >= 4 is 29.9 Å². The summed E-state index contributed by atoms with van der Waals surface area (Å²) in [7, 11) is 1.84. The van der Waals surface area contributed by atoms with Crippen LogP contribution in [0, 0.1) is 5.92 Å². The lowest BCUT2D eigenvalue weighted by Crippen LogP contribution is -2.45. The van der Waals surface area contributed by atoms with E-state index in [0.717, 1.165) is 18.9 Å². The van der Waals surface area contributed by atoms with Gasteiger partial charge in [-0.05, 0) is 45.2 Å². The minimum absolute atomic E-state index is 0. The molecule has 0 aromatic heterocycles. The number of hydrogen-bond acceptors (Lipinski definition) is 2. The predicted molar refractivity (Wildman–Crippen MR) is 99.1 cm³/mol. The summed E-state index contributed by atoms with van der Waals surface area (Å²) in [6.07, 6.45) is 5.27. The lowest BCUT2D eigenvalue weighted by Gasteiger charge is -2.29. The smallest absolute Gasteiger partial charge is 0.191 e. The Bertz CT molecular complexity index is 265. The van der Waals surface area contributed by atoms with Gasteiger partial charge in [0.05, 0.1) is 0 Å². The maximum atomic E-state index is 4.28. The molecule has 0 aliphatic carbocycles. The van der Waals surface area contributed by atoms with E-state index in [4.69, 9.17) is 0 Å². The van der Waals surface area contributed by atoms with Crippen molar-refractivity contribution in [1.82, 2.24) is 15.5 Å². The zero-order chi connectivity index (χ0) is 14.1. The second kappa shape index (κ2) is 11.6. The summed E-state index contributed by atoms with van der Waals surface area (Å²) in [5, 5.41) is 6.84. The van der Waals surface area contributed by atoms with Gasteiger partial charge < -0.3 is 15.5 Å². The van der Waals surface area contributed by atoms with Gasteiger partial charge in [-0.15, -0.1) is 24.0 Å². The van der Waals surface area contributed by atoms with E-state index in [1.54, 1.807) is 0 Å². The van der Waals surface area contributed by atoms with Gasteiger partial charge in [0, 0.05) is 26.2 Å². The van der Waals surface area contributed by atoms with E-state index in [0.29, 0.717) is 12.0 Å². The van der Waals surface area contributed by atoms with Crippen LogP contribution in [-0.2, 0) is 0 Å². The lowest BCUT2D eigenvalue weighted by atomic mass is 10.1. The number of nitrogens with zero attached hydrogens (tertiary/aromatic N) is 2. The van der Waals surface area contributed by atoms with E-state index < -0.39 is 0 Å². The van der Waals surface area contributed by atoms with Crippen molar-refractivity contribution in [3.8, 4) is 0 Å². The van der Waals surface area contributed by atoms with Gasteiger partial charge in [-0.2, -0.15) is 0 Å². The van der Waals surface area contributed by atoms with Crippen LogP contribution in [0.5, 0.6) is 0 Å². The van der Waals surface area contributed by atoms with Gasteiger partial charge in [-0.1, -0.05) is 20.3 Å². The Morgan fingerprint density at radius 2 is 1.85 bits per heavy atom. The maximum absolute atomic E-state index is 4.28. The number of likely N-dealkylation sites (tertiary alicyclic amines) is 1. The van der Waals surface area contributed by atoms with Crippen molar-refractivity contribution in [3.05, 3.63) is 0 Å². The first-order valence-electron chi connectivity index (χ1n) is 7.85. The van der Waals surface area contributed by atoms with E-state index >= 15 is 0 Å². The van der Waals surface area contributed by atoms with Gasteiger partial charge in [0.2, 0.25) is 0 Å². The van der Waals surface area contributed by atoms with E-state index in [-0.39, 0.29) is 24.0 Å². The standard InChI is InChI=1S/C15H32N4.HI/c1-5-14(3)18-15(16-4)17-11-13(2)12-19-9-7-6-8-10-19;/h13-14H,5-12H2,1-4H3,(H2,16,17,18);1H. The second-order valence-electron chi connectivity index (χ2n) is 5.87. The average molecular weight is 396 g/mol. The van der Waals surface area contributed by atoms with Crippen LogP contribution in [0.15, 0.2) is 4.99 Å². The van der Waals surface area contributed by atoms with E-state index in [9.17, 15) is 0 Å². The molecule has 1 rings (SSSR count). The molecule has 120 valence electrons. The van der Waals surface area contributed by atoms with Crippen LogP contribution in [0.25, 0.3) is 0 Å². The summed E-state index contributed by atoms with van der Waals surface area (Å²) in [6, 6.07) is 0.476. The van der Waals surface area contributed by atoms with Crippen LogP contribution >= 0.6 is 24.0 Å². The third kappa shape index (κ3) is 8.29. The molecule has 1 aliphatic rings. The van der Waals surface area contributed by atoms with Crippen molar-refractivity contribution in [2.75, 3.05) is 33.2 Å². The Morgan fingerprint density at radius 3 is 2.40 bits per heavy atom. The highest BCUT2D eigenvalue weighted by Gasteiger charge is 2.13. The number of rotatable bonds is 6. The molecule has 0 saturated carbocycles. The van der Waals surface area contributed by atoms with E-state index in [1.165, 1.54) is 38.9 Å². The molecule has 0 amide bonds. The fourth-order valence-corrected chi connectivity index (χ4v) is 2.45. The van der Waals surface area contributed by atoms with Gasteiger partial charge in [0.15, 0.2) is 5.96 Å². The molecule has 5 heteroatoms. The average Bonchev–Trinajstić information content (AvgIpc) is 2.44. The van der Waals surface area contributed by atoms with Gasteiger partial charge in [0.1, 0.15) is 0 Å². The minimum atomic E-state index is 0. The summed E-state index contributed by atoms with van der Waals surface area (Å²) in [5.41, 5.74) is 0. The topological polar surface area (TPSA) is 39.7 Å². The Morgan fingerprint density at radius 1 is 1.20 bits per heavy atom. The minimum Gasteiger partial charge on any atom is -0.356 e. The van der Waals surface area contributed by atoms with Crippen LogP contribution in [0.3, 0.4) is 0 Å². The monoisotopic (exact) mass is 396 g/mol. The Labute approximate surface area is 142 Å². The number of nitrogens with one attached hydrogen (secondary N) is 2. The Kier molecular flexibility index (Phi) is 11.6. The first-order chi connectivity index (χ1) is 9.15. The van der Waals surface area contributed by atoms with Gasteiger partial charge in [-0.25, -0.2) is 0 Å². The zero-order valence-electron chi connectivity index (χ0n) is 13.6. The molecule has 2 N–H and O–H groups in total. The number of halogens is 1. The molecule has 1 heterocycles. The van der Waals surface area contributed by atoms with Crippen LogP contribution in [-0.4, -0.2) is 50.1 Å². The molecule has 0 aromatic rings. The quantitative estimate of drug-likeness (QED) is 0.412. The molecule has 1 saturated heterocycles. The normalized spacial score (nSPS) is 19.9. The second-order valence-corrected chi connectivity index (χ2v) is 5.87. The number of aliphatic imine (C=N–C) groups is 1. The Hall–Kier alpha value is -0.0400. The van der Waals surface area contributed by atoms with Crippen LogP contribution in [0.2, 0.25) is 0 Å². The molecule has 1 fully saturated rings. The first kappa shape index (κ1) is 20.0. The number of guanidine groups is 1. The maximum Gasteiger partial charge on any atom is 0.191 e. The van der Waals surface area contributed by atoms with Gasteiger partial charge in [-0.3, -0.25) is 4.99 Å².